The summed E-state index contributed by atoms with van der Waals surface area (Å²) in [5.74, 6) is 0.596. The molecule has 0 saturated heterocycles. The molecule has 1 heterocycles. The maximum Gasteiger partial charge on any atom is 0.294 e. The van der Waals surface area contributed by atoms with Gasteiger partial charge in [0.2, 0.25) is 0 Å². The predicted octanol–water partition coefficient (Wildman–Crippen LogP) is 4.60. The van der Waals surface area contributed by atoms with E-state index in [9.17, 15) is 20.0 Å². The highest BCUT2D eigenvalue weighted by atomic mass is 16.3. The van der Waals surface area contributed by atoms with Crippen LogP contribution in [-0.2, 0) is 9.59 Å². The number of hydrogen-bond acceptors (Lipinski definition) is 6. The first-order valence-corrected chi connectivity index (χ1v) is 15.3. The molecule has 0 aromatic carbocycles. The van der Waals surface area contributed by atoms with Crippen LogP contribution in [0.5, 0.6) is 0 Å². The van der Waals surface area contributed by atoms with Crippen LogP contribution < -0.4 is 16.4 Å². The Bertz CT molecular complexity index is 1310. The minimum Gasteiger partial charge on any atom is -0.351 e. The molecule has 6 aliphatic rings. The van der Waals surface area contributed by atoms with E-state index in [2.05, 4.69) is 57.1 Å². The molecule has 5 unspecified atom stereocenters. The van der Waals surface area contributed by atoms with Gasteiger partial charge < -0.3 is 16.4 Å². The molecule has 0 aromatic heterocycles. The molecule has 10 heteroatoms. The number of carbonyl (C=O) groups excluding carboxylic acids is 2. The van der Waals surface area contributed by atoms with Crippen molar-refractivity contribution in [2.45, 2.75) is 63.8 Å². The number of allylic oxidation sites excluding steroid dienone is 3. The van der Waals surface area contributed by atoms with Crippen molar-refractivity contribution in [1.82, 2.24) is 10.6 Å². The zero-order valence-corrected chi connectivity index (χ0v) is 23.8. The van der Waals surface area contributed by atoms with Crippen LogP contribution in [0.4, 0.5) is 0 Å². The second-order valence-electron chi connectivity index (χ2n) is 13.3. The smallest absolute Gasteiger partial charge is 0.294 e. The van der Waals surface area contributed by atoms with E-state index in [1.165, 1.54) is 11.1 Å². The molecule has 4 N–H and O–H groups in total. The third-order valence-corrected chi connectivity index (χ3v) is 11.4. The van der Waals surface area contributed by atoms with Gasteiger partial charge in [-0.05, 0) is 97.6 Å². The van der Waals surface area contributed by atoms with Crippen LogP contribution in [0.1, 0.15) is 58.3 Å². The molecule has 3 fully saturated rings. The maximum absolute atomic E-state index is 13.0. The monoisotopic (exact) mass is 559 g/mol. The number of fused-ring (bicyclic) bond motifs is 5. The van der Waals surface area contributed by atoms with Crippen LogP contribution >= 0.6 is 0 Å². The number of nitrogens with one attached hydrogen (secondary N) is 2. The summed E-state index contributed by atoms with van der Waals surface area (Å²) in [4.78, 5) is 38.7. The first-order valence-electron chi connectivity index (χ1n) is 15.3. The molecule has 0 spiro atoms. The Balaban J connectivity index is 1.20. The molecule has 5 aliphatic carbocycles. The fourth-order valence-corrected chi connectivity index (χ4v) is 8.97. The van der Waals surface area contributed by atoms with Crippen LogP contribution in [-0.4, -0.2) is 43.5 Å². The molecule has 218 valence electrons. The maximum atomic E-state index is 13.0. The summed E-state index contributed by atoms with van der Waals surface area (Å²) in [7, 11) is 0. The molecule has 0 bridgehead atoms. The van der Waals surface area contributed by atoms with E-state index in [-0.39, 0.29) is 47.1 Å². The first kappa shape index (κ1) is 28.1. The van der Waals surface area contributed by atoms with Gasteiger partial charge in [0.25, 0.3) is 11.8 Å². The normalized spacial score (nSPS) is 38.1. The minimum absolute atomic E-state index is 0.152. The summed E-state index contributed by atoms with van der Waals surface area (Å²) >= 11 is 0. The van der Waals surface area contributed by atoms with Gasteiger partial charge in [-0.15, -0.1) is 4.91 Å². The van der Waals surface area contributed by atoms with E-state index >= 15 is 0 Å². The molecule has 2 amide bonds. The molecular formula is C31H41N7O3. The van der Waals surface area contributed by atoms with Crippen molar-refractivity contribution in [3.63, 3.8) is 0 Å². The van der Waals surface area contributed by atoms with Gasteiger partial charge in [-0.25, -0.2) is 0 Å². The van der Waals surface area contributed by atoms with E-state index in [4.69, 9.17) is 5.73 Å². The predicted molar refractivity (Wildman–Crippen MR) is 156 cm³/mol. The second-order valence-corrected chi connectivity index (χ2v) is 13.3. The highest BCUT2D eigenvalue weighted by Gasteiger charge is 2.62. The van der Waals surface area contributed by atoms with E-state index in [0.29, 0.717) is 30.9 Å². The number of nitrogens with zero attached hydrogens (tertiary/aromatic N) is 4. The number of nitrogens with two attached hydrogens (primary N) is 1. The Labute approximate surface area is 240 Å². The lowest BCUT2D eigenvalue weighted by Crippen LogP contribution is -2.65. The van der Waals surface area contributed by atoms with Gasteiger partial charge in [-0.3, -0.25) is 9.59 Å². The van der Waals surface area contributed by atoms with Gasteiger partial charge in [0.15, 0.2) is 0 Å². The van der Waals surface area contributed by atoms with E-state index in [1.807, 2.05) is 6.08 Å². The first-order chi connectivity index (χ1) is 19.8. The molecule has 0 aromatic rings. The number of amides is 2. The van der Waals surface area contributed by atoms with Crippen molar-refractivity contribution in [1.29, 1.82) is 0 Å². The summed E-state index contributed by atoms with van der Waals surface area (Å²) in [6.07, 6.45) is 17.8. The summed E-state index contributed by atoms with van der Waals surface area (Å²) in [6.45, 7) is 4.67. The summed E-state index contributed by atoms with van der Waals surface area (Å²) < 4.78 is 0. The minimum atomic E-state index is -0.803. The Morgan fingerprint density at radius 2 is 2.05 bits per heavy atom. The van der Waals surface area contributed by atoms with Crippen molar-refractivity contribution < 1.29 is 9.59 Å². The number of rotatable bonds is 8. The zero-order valence-electron chi connectivity index (χ0n) is 23.8. The summed E-state index contributed by atoms with van der Waals surface area (Å²) in [6, 6.07) is 0. The molecular weight excluding hydrogens is 518 g/mol. The second kappa shape index (κ2) is 10.6. The largest absolute Gasteiger partial charge is 0.351 e. The molecule has 0 radical (unpaired) electrons. The highest BCUT2D eigenvalue weighted by molar-refractivity contribution is 5.97. The average molecular weight is 560 g/mol. The highest BCUT2D eigenvalue weighted by Crippen LogP contribution is 2.64. The van der Waals surface area contributed by atoms with Gasteiger partial charge in [-0.1, -0.05) is 42.4 Å². The fraction of sp³-hybridized carbons (Fsp3) is 0.677. The Kier molecular flexibility index (Phi) is 7.29. The van der Waals surface area contributed by atoms with Crippen molar-refractivity contribution in [3.05, 3.63) is 62.4 Å². The van der Waals surface area contributed by atoms with Crippen molar-refractivity contribution >= 4 is 11.8 Å². The number of nitroso groups, excluding NO2 is 1. The lowest BCUT2D eigenvalue weighted by atomic mass is 9.46. The molecule has 7 atom stereocenters. The third kappa shape index (κ3) is 4.60. The molecule has 41 heavy (non-hydrogen) atoms. The van der Waals surface area contributed by atoms with Crippen LogP contribution in [0.3, 0.4) is 0 Å². The lowest BCUT2D eigenvalue weighted by Gasteiger charge is -2.60. The van der Waals surface area contributed by atoms with Crippen LogP contribution in [0.2, 0.25) is 0 Å². The fourth-order valence-electron chi connectivity index (χ4n) is 8.97. The number of hydrogen-bond donors (Lipinski definition) is 3. The van der Waals surface area contributed by atoms with E-state index < -0.39 is 11.3 Å². The van der Waals surface area contributed by atoms with E-state index in [0.717, 1.165) is 51.6 Å². The Morgan fingerprint density at radius 1 is 1.22 bits per heavy atom. The lowest BCUT2D eigenvalue weighted by molar-refractivity contribution is -0.123. The molecule has 6 rings (SSSR count). The van der Waals surface area contributed by atoms with Crippen LogP contribution in [0, 0.1) is 45.3 Å². The summed E-state index contributed by atoms with van der Waals surface area (Å²) in [5, 5.41) is 13.2. The van der Waals surface area contributed by atoms with Crippen LogP contribution in [0.25, 0.3) is 10.4 Å². The standard InChI is InChI=1S/C31H41N7O3/c1-2-19-13-22(16-34-15-19)24-5-6-26-30(24,18-36-38-33)9-8-25-23-4-3-21(14-20(23)7-10-31(25,26)32)27(39)35-17-29(11-12-29)28(40)37-41/h3-5,13-14,19-20,23,25-26,34H,2,6-12,15-18,32H2,1H3,(H,35,39)/t19?,20?,23?,25?,26?,30-,31-/m0/s1. The van der Waals surface area contributed by atoms with Gasteiger partial charge in [0.1, 0.15) is 0 Å². The van der Waals surface area contributed by atoms with Crippen LogP contribution in [0.15, 0.2) is 57.4 Å². The SMILES string of the molecule is CCC1C=C(C2=CCC3[C@]2(CN=[N+]=[N-])CCC2C4C=CC(C(=O)NCC5(C(=O)N=O)CC5)=CC4CC[C@]23N)CNC1. The van der Waals surface area contributed by atoms with E-state index in [1.54, 1.807) is 0 Å². The van der Waals surface area contributed by atoms with Gasteiger partial charge in [-0.2, -0.15) is 0 Å². The van der Waals surface area contributed by atoms with Crippen molar-refractivity contribution in [3.8, 4) is 0 Å². The number of azide groups is 1. The molecule has 1 aliphatic heterocycles. The Morgan fingerprint density at radius 3 is 2.78 bits per heavy atom. The van der Waals surface area contributed by atoms with Gasteiger partial charge >= 0.3 is 0 Å². The zero-order chi connectivity index (χ0) is 28.8. The topological polar surface area (TPSA) is 162 Å². The van der Waals surface area contributed by atoms with Crippen molar-refractivity contribution in [2.24, 2.45) is 56.4 Å². The van der Waals surface area contributed by atoms with Gasteiger partial charge in [0.05, 0.1) is 5.41 Å². The number of carbonyl (C=O) groups is 2. The third-order valence-electron chi connectivity index (χ3n) is 11.4. The summed E-state index contributed by atoms with van der Waals surface area (Å²) in [5.41, 5.74) is 18.7. The molecule has 10 nitrogen and oxygen atoms in total. The average Bonchev–Trinajstić information content (AvgIpc) is 3.70. The Hall–Kier alpha value is -3.07. The molecule has 3 saturated carbocycles. The quantitative estimate of drug-likeness (QED) is 0.171. The van der Waals surface area contributed by atoms with Crippen molar-refractivity contribution in [2.75, 3.05) is 26.2 Å². The van der Waals surface area contributed by atoms with Gasteiger partial charge in [0, 0.05) is 52.8 Å².